The molecule has 0 unspecified atom stereocenters. The Bertz CT molecular complexity index is 997. The van der Waals surface area contributed by atoms with Gasteiger partial charge in [-0.25, -0.2) is 0 Å². The summed E-state index contributed by atoms with van der Waals surface area (Å²) >= 11 is 0. The topological polar surface area (TPSA) is 84.0 Å². The lowest BCUT2D eigenvalue weighted by molar-refractivity contribution is 0.100. The molecule has 0 saturated carbocycles. The van der Waals surface area contributed by atoms with Gasteiger partial charge in [-0.15, -0.1) is 10.2 Å². The van der Waals surface area contributed by atoms with E-state index >= 15 is 0 Å². The zero-order valence-corrected chi connectivity index (χ0v) is 15.4. The average molecular weight is 360 g/mol. The molecule has 136 valence electrons. The third kappa shape index (κ3) is 4.36. The first-order valence-corrected chi connectivity index (χ1v) is 8.53. The van der Waals surface area contributed by atoms with E-state index < -0.39 is 0 Å². The number of rotatable bonds is 5. The largest absolute Gasteiger partial charge is 0.339 e. The van der Waals surface area contributed by atoms with Crippen LogP contribution < -0.4 is 10.6 Å². The number of nitrogens with zero attached hydrogens (tertiary/aromatic N) is 2. The maximum atomic E-state index is 12.3. The summed E-state index contributed by atoms with van der Waals surface area (Å²) in [7, 11) is 0. The normalized spacial score (nSPS) is 10.3. The zero-order valence-electron chi connectivity index (χ0n) is 15.4. The van der Waals surface area contributed by atoms with E-state index in [2.05, 4.69) is 20.8 Å². The third-order valence-electron chi connectivity index (χ3n) is 4.29. The highest BCUT2D eigenvalue weighted by atomic mass is 16.2. The van der Waals surface area contributed by atoms with Gasteiger partial charge in [0, 0.05) is 16.9 Å². The minimum atomic E-state index is -0.388. The average Bonchev–Trinajstić information content (AvgIpc) is 2.66. The van der Waals surface area contributed by atoms with Crippen LogP contribution in [0, 0.1) is 13.8 Å². The lowest BCUT2D eigenvalue weighted by atomic mass is 10.1. The number of anilines is 3. The molecule has 2 aromatic carbocycles. The fourth-order valence-electron chi connectivity index (χ4n) is 2.56. The van der Waals surface area contributed by atoms with E-state index in [0.717, 1.165) is 11.3 Å². The first kappa shape index (κ1) is 18.3. The van der Waals surface area contributed by atoms with Crippen molar-refractivity contribution in [3.05, 3.63) is 77.0 Å². The van der Waals surface area contributed by atoms with Crippen LogP contribution in [-0.4, -0.2) is 21.9 Å². The summed E-state index contributed by atoms with van der Waals surface area (Å²) in [6.45, 7) is 5.55. The van der Waals surface area contributed by atoms with Crippen molar-refractivity contribution in [3.63, 3.8) is 0 Å². The van der Waals surface area contributed by atoms with Crippen molar-refractivity contribution >= 4 is 28.9 Å². The van der Waals surface area contributed by atoms with Crippen LogP contribution in [0.4, 0.5) is 17.2 Å². The fraction of sp³-hybridized carbons (Fsp3) is 0.143. The van der Waals surface area contributed by atoms with Gasteiger partial charge in [-0.3, -0.25) is 9.59 Å². The van der Waals surface area contributed by atoms with Crippen molar-refractivity contribution < 1.29 is 9.59 Å². The smallest absolute Gasteiger partial charge is 0.276 e. The number of carbonyl (C=O) groups is 2. The van der Waals surface area contributed by atoms with Gasteiger partial charge in [-0.05, 0) is 62.2 Å². The van der Waals surface area contributed by atoms with Crippen LogP contribution >= 0.6 is 0 Å². The van der Waals surface area contributed by atoms with Gasteiger partial charge in [0.1, 0.15) is 0 Å². The van der Waals surface area contributed by atoms with Crippen LogP contribution in [0.25, 0.3) is 0 Å². The number of nitrogens with one attached hydrogen (secondary N) is 2. The van der Waals surface area contributed by atoms with E-state index in [-0.39, 0.29) is 17.4 Å². The van der Waals surface area contributed by atoms with Crippen molar-refractivity contribution in [2.45, 2.75) is 20.8 Å². The van der Waals surface area contributed by atoms with Crippen molar-refractivity contribution in [3.8, 4) is 0 Å². The first-order valence-electron chi connectivity index (χ1n) is 8.53. The molecule has 0 bridgehead atoms. The van der Waals surface area contributed by atoms with Crippen molar-refractivity contribution in [1.29, 1.82) is 0 Å². The molecule has 0 aliphatic heterocycles. The van der Waals surface area contributed by atoms with E-state index in [1.54, 1.807) is 36.4 Å². The molecule has 0 atom stereocenters. The Morgan fingerprint density at radius 3 is 2.41 bits per heavy atom. The second-order valence-electron chi connectivity index (χ2n) is 6.27. The fourth-order valence-corrected chi connectivity index (χ4v) is 2.56. The minimum absolute atomic E-state index is 0.0623. The number of Topliss-reactive ketones (excluding diaryl/α,β-unsaturated/α-hetero) is 1. The molecule has 3 rings (SSSR count). The molecule has 1 aromatic heterocycles. The van der Waals surface area contributed by atoms with Gasteiger partial charge in [0.15, 0.2) is 17.3 Å². The van der Waals surface area contributed by atoms with Gasteiger partial charge >= 0.3 is 0 Å². The third-order valence-corrected chi connectivity index (χ3v) is 4.29. The predicted molar refractivity (Wildman–Crippen MR) is 106 cm³/mol. The number of carbonyl (C=O) groups excluding carboxylic acids is 2. The second kappa shape index (κ2) is 7.78. The Hall–Kier alpha value is -3.54. The van der Waals surface area contributed by atoms with Gasteiger partial charge < -0.3 is 10.6 Å². The summed E-state index contributed by atoms with van der Waals surface area (Å²) in [5, 5.41) is 14.0. The Morgan fingerprint density at radius 2 is 1.70 bits per heavy atom. The second-order valence-corrected chi connectivity index (χ2v) is 6.27. The van der Waals surface area contributed by atoms with Crippen molar-refractivity contribution in [2.24, 2.45) is 0 Å². The number of aromatic nitrogens is 2. The summed E-state index contributed by atoms with van der Waals surface area (Å²) in [5.41, 5.74) is 4.51. The van der Waals surface area contributed by atoms with E-state index in [1.165, 1.54) is 12.5 Å². The molecule has 2 N–H and O–H groups in total. The molecular formula is C21H20N4O2. The van der Waals surface area contributed by atoms with Gasteiger partial charge in [0.25, 0.3) is 5.91 Å². The minimum Gasteiger partial charge on any atom is -0.339 e. The zero-order chi connectivity index (χ0) is 19.4. The van der Waals surface area contributed by atoms with Crippen LogP contribution in [0.5, 0.6) is 0 Å². The molecule has 3 aromatic rings. The van der Waals surface area contributed by atoms with Gasteiger partial charge in [0.05, 0.1) is 0 Å². The Kier molecular flexibility index (Phi) is 5.26. The van der Waals surface area contributed by atoms with E-state index in [4.69, 9.17) is 0 Å². The van der Waals surface area contributed by atoms with Gasteiger partial charge in [-0.2, -0.15) is 0 Å². The van der Waals surface area contributed by atoms with Crippen LogP contribution in [0.2, 0.25) is 0 Å². The lowest BCUT2D eigenvalue weighted by Crippen LogP contribution is -2.15. The summed E-state index contributed by atoms with van der Waals surface area (Å²) in [6.07, 6.45) is 0. The molecule has 6 nitrogen and oxygen atoms in total. The molecule has 6 heteroatoms. The summed E-state index contributed by atoms with van der Waals surface area (Å²) in [5.74, 6) is 0.105. The van der Waals surface area contributed by atoms with E-state index in [0.29, 0.717) is 17.1 Å². The van der Waals surface area contributed by atoms with Crippen LogP contribution in [0.3, 0.4) is 0 Å². The Labute approximate surface area is 157 Å². The number of aryl methyl sites for hydroxylation is 1. The van der Waals surface area contributed by atoms with Crippen molar-refractivity contribution in [1.82, 2.24) is 10.2 Å². The van der Waals surface area contributed by atoms with Crippen molar-refractivity contribution in [2.75, 3.05) is 10.6 Å². The summed E-state index contributed by atoms with van der Waals surface area (Å²) in [4.78, 5) is 23.8. The maximum Gasteiger partial charge on any atom is 0.276 e. The summed E-state index contributed by atoms with van der Waals surface area (Å²) < 4.78 is 0. The molecule has 27 heavy (non-hydrogen) atoms. The van der Waals surface area contributed by atoms with E-state index in [1.807, 2.05) is 32.0 Å². The molecule has 0 aliphatic rings. The van der Waals surface area contributed by atoms with E-state index in [9.17, 15) is 9.59 Å². The van der Waals surface area contributed by atoms with Crippen LogP contribution in [0.15, 0.2) is 54.6 Å². The molecule has 1 amide bonds. The number of ketones is 1. The SMILES string of the molecule is CC(=O)c1cccc(NC(=O)c2ccc(Nc3cccc(C)c3C)nn2)c1. The lowest BCUT2D eigenvalue weighted by Gasteiger charge is -2.10. The number of hydrogen-bond donors (Lipinski definition) is 2. The predicted octanol–water partition coefficient (Wildman–Crippen LogP) is 4.29. The standard InChI is InChI=1S/C21H20N4O2/c1-13-6-4-9-18(14(13)2)23-20-11-10-19(24-25-20)21(27)22-17-8-5-7-16(12-17)15(3)26/h4-12H,1-3H3,(H,22,27)(H,23,25). The molecular weight excluding hydrogens is 340 g/mol. The van der Waals surface area contributed by atoms with Crippen LogP contribution in [0.1, 0.15) is 38.9 Å². The molecule has 0 fully saturated rings. The first-order chi connectivity index (χ1) is 12.9. The number of hydrogen-bond acceptors (Lipinski definition) is 5. The molecule has 0 aliphatic carbocycles. The highest BCUT2D eigenvalue weighted by Gasteiger charge is 2.10. The number of amides is 1. The monoisotopic (exact) mass is 360 g/mol. The maximum absolute atomic E-state index is 12.3. The Balaban J connectivity index is 1.71. The van der Waals surface area contributed by atoms with Gasteiger partial charge in [0.2, 0.25) is 0 Å². The van der Waals surface area contributed by atoms with Gasteiger partial charge in [-0.1, -0.05) is 24.3 Å². The summed E-state index contributed by atoms with van der Waals surface area (Å²) in [6, 6.07) is 16.0. The molecule has 1 heterocycles. The number of benzene rings is 2. The Morgan fingerprint density at radius 1 is 0.926 bits per heavy atom. The molecule has 0 spiro atoms. The molecule has 0 saturated heterocycles. The highest BCUT2D eigenvalue weighted by molar-refractivity contribution is 6.03. The quantitative estimate of drug-likeness (QED) is 0.663. The van der Waals surface area contributed by atoms with Crippen LogP contribution in [-0.2, 0) is 0 Å². The highest BCUT2D eigenvalue weighted by Crippen LogP contribution is 2.21. The molecule has 0 radical (unpaired) electrons.